The molecule has 0 radical (unpaired) electrons. The second-order valence-corrected chi connectivity index (χ2v) is 6.92. The summed E-state index contributed by atoms with van der Waals surface area (Å²) in [5.74, 6) is 0. The van der Waals surface area contributed by atoms with Gasteiger partial charge in [-0.05, 0) is 31.4 Å². The Hall–Kier alpha value is -1.64. The molecular formula is C22H30N2. The Morgan fingerprint density at radius 1 is 0.792 bits per heavy atom. The Bertz CT molecular complexity index is 557. The zero-order valence-electron chi connectivity index (χ0n) is 15.2. The highest BCUT2D eigenvalue weighted by molar-refractivity contribution is 5.21. The minimum Gasteiger partial charge on any atom is -0.280 e. The van der Waals surface area contributed by atoms with Crippen molar-refractivity contribution < 1.29 is 0 Å². The lowest BCUT2D eigenvalue weighted by atomic mass is 10.0. The first-order valence-electron chi connectivity index (χ1n) is 9.33. The van der Waals surface area contributed by atoms with Crippen LogP contribution in [0, 0.1) is 0 Å². The van der Waals surface area contributed by atoms with Crippen molar-refractivity contribution in [3.05, 3.63) is 71.8 Å². The molecule has 0 N–H and O–H groups in total. The molecule has 0 spiro atoms. The largest absolute Gasteiger partial charge is 0.280 e. The topological polar surface area (TPSA) is 6.48 Å². The summed E-state index contributed by atoms with van der Waals surface area (Å²) in [6.07, 6.45) is 2.98. The molecule has 2 aromatic rings. The molecule has 0 amide bonds. The van der Waals surface area contributed by atoms with Crippen LogP contribution in [0.15, 0.2) is 60.7 Å². The molecule has 2 heteroatoms. The number of nitrogens with zero attached hydrogens (tertiary/aromatic N) is 2. The summed E-state index contributed by atoms with van der Waals surface area (Å²) in [5.41, 5.74) is 2.85. The van der Waals surface area contributed by atoms with Crippen LogP contribution in [0.4, 0.5) is 0 Å². The lowest BCUT2D eigenvalue weighted by Crippen LogP contribution is -2.41. The molecule has 1 aliphatic rings. The lowest BCUT2D eigenvalue weighted by molar-refractivity contribution is 0.0710. The Balaban J connectivity index is 1.80. The smallest absolute Gasteiger partial charge is 0.0633 e. The molecule has 2 unspecified atom stereocenters. The van der Waals surface area contributed by atoms with Crippen molar-refractivity contribution in [2.45, 2.75) is 51.9 Å². The van der Waals surface area contributed by atoms with Gasteiger partial charge < -0.3 is 0 Å². The van der Waals surface area contributed by atoms with E-state index in [1.807, 2.05) is 0 Å². The van der Waals surface area contributed by atoms with E-state index in [4.69, 9.17) is 0 Å². The second kappa shape index (κ2) is 7.96. The summed E-state index contributed by atoms with van der Waals surface area (Å²) in [4.78, 5) is 5.39. The summed E-state index contributed by atoms with van der Waals surface area (Å²) >= 11 is 0. The summed E-state index contributed by atoms with van der Waals surface area (Å²) in [5, 5.41) is 0. The zero-order valence-corrected chi connectivity index (χ0v) is 15.2. The molecule has 128 valence electrons. The van der Waals surface area contributed by atoms with E-state index < -0.39 is 0 Å². The van der Waals surface area contributed by atoms with Gasteiger partial charge in [0.1, 0.15) is 0 Å². The van der Waals surface area contributed by atoms with Crippen LogP contribution >= 0.6 is 0 Å². The minimum absolute atomic E-state index is 0.468. The maximum atomic E-state index is 2.69. The average Bonchev–Trinajstić information content (AvgIpc) is 3.06. The van der Waals surface area contributed by atoms with Crippen molar-refractivity contribution in [2.75, 3.05) is 13.1 Å². The van der Waals surface area contributed by atoms with Crippen LogP contribution in [-0.2, 0) is 0 Å². The van der Waals surface area contributed by atoms with Crippen LogP contribution in [0.2, 0.25) is 0 Å². The predicted octanol–water partition coefficient (Wildman–Crippen LogP) is 5.25. The molecule has 1 fully saturated rings. The Labute approximate surface area is 147 Å². The van der Waals surface area contributed by atoms with Gasteiger partial charge in [-0.1, -0.05) is 74.0 Å². The quantitative estimate of drug-likeness (QED) is 0.716. The van der Waals surface area contributed by atoms with Gasteiger partial charge in [0.05, 0.1) is 6.17 Å². The van der Waals surface area contributed by atoms with Crippen LogP contribution < -0.4 is 0 Å². The van der Waals surface area contributed by atoms with Gasteiger partial charge in [0.15, 0.2) is 0 Å². The molecule has 2 aromatic carbocycles. The molecular weight excluding hydrogens is 292 g/mol. The Morgan fingerprint density at radius 2 is 1.21 bits per heavy atom. The monoisotopic (exact) mass is 322 g/mol. The predicted molar refractivity (Wildman–Crippen MR) is 102 cm³/mol. The minimum atomic E-state index is 0.468. The zero-order chi connectivity index (χ0) is 16.9. The van der Waals surface area contributed by atoms with Gasteiger partial charge in [-0.25, -0.2) is 0 Å². The molecule has 0 bridgehead atoms. The van der Waals surface area contributed by atoms with E-state index in [1.165, 1.54) is 24.0 Å². The molecule has 2 atom stereocenters. The highest BCUT2D eigenvalue weighted by atomic mass is 15.4. The van der Waals surface area contributed by atoms with Crippen LogP contribution in [0.5, 0.6) is 0 Å². The van der Waals surface area contributed by atoms with Crippen molar-refractivity contribution in [1.82, 2.24) is 9.80 Å². The van der Waals surface area contributed by atoms with Crippen LogP contribution in [0.1, 0.15) is 56.8 Å². The van der Waals surface area contributed by atoms with Gasteiger partial charge in [0, 0.05) is 25.2 Å². The molecule has 3 rings (SSSR count). The van der Waals surface area contributed by atoms with Crippen LogP contribution in [0.25, 0.3) is 0 Å². The molecule has 24 heavy (non-hydrogen) atoms. The average molecular weight is 322 g/mol. The van der Waals surface area contributed by atoms with Crippen LogP contribution in [-0.4, -0.2) is 29.1 Å². The highest BCUT2D eigenvalue weighted by Crippen LogP contribution is 2.34. The van der Waals surface area contributed by atoms with E-state index in [0.29, 0.717) is 18.2 Å². The lowest BCUT2D eigenvalue weighted by Gasteiger charge is -2.37. The normalized spacial score (nSPS) is 21.7. The maximum absolute atomic E-state index is 2.69. The standard InChI is InChI=1S/C22H30N2/c1-4-11-22-23(18(2)20-12-7-5-8-13-20)16-17-24(22)19(3)21-14-9-6-10-15-21/h5-10,12-15,18-19,22H,4,11,16-17H2,1-3H3. The van der Waals surface area contributed by atoms with Gasteiger partial charge in [-0.3, -0.25) is 9.80 Å². The fourth-order valence-electron chi connectivity index (χ4n) is 4.06. The fraction of sp³-hybridized carbons (Fsp3) is 0.455. The van der Waals surface area contributed by atoms with Gasteiger partial charge in [0.2, 0.25) is 0 Å². The van der Waals surface area contributed by atoms with Crippen molar-refractivity contribution in [3.8, 4) is 0 Å². The molecule has 0 saturated carbocycles. The van der Waals surface area contributed by atoms with Gasteiger partial charge in [0.25, 0.3) is 0 Å². The fourth-order valence-corrected chi connectivity index (χ4v) is 4.06. The Kier molecular flexibility index (Phi) is 5.70. The molecule has 1 saturated heterocycles. The number of hydrogen-bond donors (Lipinski definition) is 0. The highest BCUT2D eigenvalue weighted by Gasteiger charge is 2.37. The third-order valence-corrected chi connectivity index (χ3v) is 5.49. The summed E-state index contributed by atoms with van der Waals surface area (Å²) in [6.45, 7) is 9.31. The number of hydrogen-bond acceptors (Lipinski definition) is 2. The first-order chi connectivity index (χ1) is 11.7. The second-order valence-electron chi connectivity index (χ2n) is 6.92. The summed E-state index contributed by atoms with van der Waals surface area (Å²) < 4.78 is 0. The van der Waals surface area contributed by atoms with Crippen LogP contribution in [0.3, 0.4) is 0 Å². The molecule has 1 heterocycles. The van der Waals surface area contributed by atoms with E-state index in [0.717, 1.165) is 13.1 Å². The Morgan fingerprint density at radius 3 is 1.58 bits per heavy atom. The van der Waals surface area contributed by atoms with Gasteiger partial charge in [-0.15, -0.1) is 0 Å². The van der Waals surface area contributed by atoms with E-state index in [-0.39, 0.29) is 0 Å². The van der Waals surface area contributed by atoms with Crippen molar-refractivity contribution in [2.24, 2.45) is 0 Å². The van der Waals surface area contributed by atoms with Gasteiger partial charge in [-0.2, -0.15) is 0 Å². The van der Waals surface area contributed by atoms with Crippen molar-refractivity contribution >= 4 is 0 Å². The first kappa shape index (κ1) is 17.2. The molecule has 2 nitrogen and oxygen atoms in total. The third-order valence-electron chi connectivity index (χ3n) is 5.49. The maximum Gasteiger partial charge on any atom is 0.0633 e. The third kappa shape index (κ3) is 3.55. The number of rotatable bonds is 6. The molecule has 0 aliphatic carbocycles. The molecule has 0 aromatic heterocycles. The van der Waals surface area contributed by atoms with Gasteiger partial charge >= 0.3 is 0 Å². The van der Waals surface area contributed by atoms with E-state index in [2.05, 4.69) is 91.2 Å². The van der Waals surface area contributed by atoms with E-state index in [9.17, 15) is 0 Å². The SMILES string of the molecule is CCCC1N(C(C)c2ccccc2)CCN1C(C)c1ccccc1. The van der Waals surface area contributed by atoms with E-state index >= 15 is 0 Å². The molecule has 1 aliphatic heterocycles. The van der Waals surface area contributed by atoms with Crippen molar-refractivity contribution in [1.29, 1.82) is 0 Å². The first-order valence-corrected chi connectivity index (χ1v) is 9.33. The van der Waals surface area contributed by atoms with Crippen molar-refractivity contribution in [3.63, 3.8) is 0 Å². The summed E-state index contributed by atoms with van der Waals surface area (Å²) in [6, 6.07) is 22.8. The number of benzene rings is 2. The van der Waals surface area contributed by atoms with E-state index in [1.54, 1.807) is 0 Å². The summed E-state index contributed by atoms with van der Waals surface area (Å²) in [7, 11) is 0.